The van der Waals surface area contributed by atoms with E-state index in [4.69, 9.17) is 4.74 Å². The lowest BCUT2D eigenvalue weighted by atomic mass is 10.00. The van der Waals surface area contributed by atoms with Crippen LogP contribution in [0.2, 0.25) is 0 Å². The molecule has 6 nitrogen and oxygen atoms in total. The minimum atomic E-state index is -3.99. The molecule has 0 radical (unpaired) electrons. The maximum Gasteiger partial charge on any atom is 0.338 e. The predicted molar refractivity (Wildman–Crippen MR) is 103 cm³/mol. The molecule has 0 bridgehead atoms. The number of ether oxygens (including phenoxy) is 1. The summed E-state index contributed by atoms with van der Waals surface area (Å²) in [5, 5.41) is 11.7. The van der Waals surface area contributed by atoms with Gasteiger partial charge in [0.2, 0.25) is 0 Å². The van der Waals surface area contributed by atoms with Crippen molar-refractivity contribution in [2.75, 3.05) is 7.11 Å². The molecule has 0 saturated carbocycles. The standard InChI is InChI=1S/C20H17NO5S/c1-13-7-9-15(10-8-13)27(24,25)21-12-18-17(20(23)26-2)11-14-5-3-4-6-16(14)19(18)22/h3-12,22H,1-2H3/b21-12+. The third-order valence-corrected chi connectivity index (χ3v) is 5.36. The molecule has 7 heteroatoms. The van der Waals surface area contributed by atoms with Crippen molar-refractivity contribution >= 4 is 33.0 Å². The summed E-state index contributed by atoms with van der Waals surface area (Å²) in [7, 11) is -2.78. The van der Waals surface area contributed by atoms with Crippen molar-refractivity contribution < 1.29 is 23.1 Å². The van der Waals surface area contributed by atoms with E-state index in [1.807, 2.05) is 6.92 Å². The molecule has 0 aromatic heterocycles. The zero-order chi connectivity index (χ0) is 19.6. The Balaban J connectivity index is 2.15. The molecule has 0 fully saturated rings. The van der Waals surface area contributed by atoms with Crippen molar-refractivity contribution in [1.82, 2.24) is 0 Å². The molecular weight excluding hydrogens is 366 g/mol. The van der Waals surface area contributed by atoms with E-state index >= 15 is 0 Å². The van der Waals surface area contributed by atoms with Crippen LogP contribution in [0.1, 0.15) is 21.5 Å². The fourth-order valence-electron chi connectivity index (χ4n) is 2.65. The number of sulfonamides is 1. The van der Waals surface area contributed by atoms with Crippen LogP contribution >= 0.6 is 0 Å². The summed E-state index contributed by atoms with van der Waals surface area (Å²) in [4.78, 5) is 12.1. The molecule has 0 amide bonds. The smallest absolute Gasteiger partial charge is 0.338 e. The highest BCUT2D eigenvalue weighted by atomic mass is 32.2. The Morgan fingerprint density at radius 1 is 1.11 bits per heavy atom. The van der Waals surface area contributed by atoms with Crippen LogP contribution in [0.15, 0.2) is 63.9 Å². The molecule has 0 unspecified atom stereocenters. The number of phenols is 1. The van der Waals surface area contributed by atoms with Crippen LogP contribution in [0.4, 0.5) is 0 Å². The number of fused-ring (bicyclic) bond motifs is 1. The van der Waals surface area contributed by atoms with Gasteiger partial charge in [-0.05, 0) is 30.5 Å². The Hall–Kier alpha value is -3.19. The van der Waals surface area contributed by atoms with Gasteiger partial charge in [-0.2, -0.15) is 12.8 Å². The molecule has 138 valence electrons. The maximum atomic E-state index is 12.4. The van der Waals surface area contributed by atoms with Crippen molar-refractivity contribution in [2.24, 2.45) is 4.40 Å². The fourth-order valence-corrected chi connectivity index (χ4v) is 3.49. The van der Waals surface area contributed by atoms with E-state index in [-0.39, 0.29) is 21.8 Å². The summed E-state index contributed by atoms with van der Waals surface area (Å²) in [5.74, 6) is -0.943. The number of methoxy groups -OCH3 is 1. The minimum Gasteiger partial charge on any atom is -0.507 e. The first-order chi connectivity index (χ1) is 12.8. The molecule has 3 aromatic carbocycles. The number of aromatic hydroxyl groups is 1. The topological polar surface area (TPSA) is 93.0 Å². The van der Waals surface area contributed by atoms with Crippen LogP contribution in [0.5, 0.6) is 5.75 Å². The van der Waals surface area contributed by atoms with Crippen molar-refractivity contribution in [1.29, 1.82) is 0 Å². The summed E-state index contributed by atoms with van der Waals surface area (Å²) in [6, 6.07) is 14.6. The molecule has 0 atom stereocenters. The second-order valence-electron chi connectivity index (χ2n) is 5.92. The number of nitrogens with zero attached hydrogens (tertiary/aromatic N) is 1. The lowest BCUT2D eigenvalue weighted by Gasteiger charge is -2.10. The lowest BCUT2D eigenvalue weighted by molar-refractivity contribution is 0.0600. The number of benzene rings is 3. The van der Waals surface area contributed by atoms with Crippen LogP contribution in [0.3, 0.4) is 0 Å². The average molecular weight is 383 g/mol. The van der Waals surface area contributed by atoms with Crippen LogP contribution in [-0.4, -0.2) is 32.8 Å². The number of esters is 1. The number of carbonyl (C=O) groups excluding carboxylic acids is 1. The van der Waals surface area contributed by atoms with Gasteiger partial charge in [0, 0.05) is 5.39 Å². The second kappa shape index (κ2) is 7.20. The van der Waals surface area contributed by atoms with E-state index in [2.05, 4.69) is 4.40 Å². The van der Waals surface area contributed by atoms with Crippen LogP contribution in [-0.2, 0) is 14.8 Å². The minimum absolute atomic E-state index is 0.0174. The number of hydrogen-bond donors (Lipinski definition) is 1. The highest BCUT2D eigenvalue weighted by Crippen LogP contribution is 2.31. The number of carbonyl (C=O) groups is 1. The molecule has 0 aliphatic heterocycles. The van der Waals surface area contributed by atoms with E-state index < -0.39 is 16.0 Å². The number of aryl methyl sites for hydroxylation is 1. The van der Waals surface area contributed by atoms with Gasteiger partial charge in [-0.1, -0.05) is 42.0 Å². The molecule has 0 aliphatic rings. The highest BCUT2D eigenvalue weighted by Gasteiger charge is 2.19. The van der Waals surface area contributed by atoms with E-state index in [0.29, 0.717) is 10.8 Å². The first kappa shape index (κ1) is 18.6. The normalized spacial score (nSPS) is 11.8. The third kappa shape index (κ3) is 3.68. The third-order valence-electron chi connectivity index (χ3n) is 4.11. The van der Waals surface area contributed by atoms with Crippen LogP contribution in [0, 0.1) is 6.92 Å². The van der Waals surface area contributed by atoms with Gasteiger partial charge in [-0.3, -0.25) is 0 Å². The summed E-state index contributed by atoms with van der Waals surface area (Å²) >= 11 is 0. The predicted octanol–water partition coefficient (Wildman–Crippen LogP) is 3.45. The Morgan fingerprint density at radius 2 is 1.78 bits per heavy atom. The van der Waals surface area contributed by atoms with Gasteiger partial charge in [0.25, 0.3) is 10.0 Å². The van der Waals surface area contributed by atoms with E-state index in [1.165, 1.54) is 25.3 Å². The molecule has 1 N–H and O–H groups in total. The molecule has 0 heterocycles. The second-order valence-corrected chi connectivity index (χ2v) is 7.55. The van der Waals surface area contributed by atoms with Gasteiger partial charge in [0.1, 0.15) is 5.75 Å². The number of rotatable bonds is 4. The molecule has 0 spiro atoms. The summed E-state index contributed by atoms with van der Waals surface area (Å²) in [6.45, 7) is 1.84. The molecule has 3 rings (SSSR count). The number of hydrogen-bond acceptors (Lipinski definition) is 5. The van der Waals surface area contributed by atoms with Gasteiger partial charge in [-0.15, -0.1) is 0 Å². The Labute approximate surface area is 156 Å². The highest BCUT2D eigenvalue weighted by molar-refractivity contribution is 7.90. The number of phenolic OH excluding ortho intramolecular Hbond substituents is 1. The maximum absolute atomic E-state index is 12.4. The molecule has 0 aliphatic carbocycles. The lowest BCUT2D eigenvalue weighted by Crippen LogP contribution is -2.07. The van der Waals surface area contributed by atoms with Gasteiger partial charge < -0.3 is 9.84 Å². The van der Waals surface area contributed by atoms with Crippen molar-refractivity contribution in [2.45, 2.75) is 11.8 Å². The first-order valence-corrected chi connectivity index (χ1v) is 9.47. The average Bonchev–Trinajstić information content (AvgIpc) is 2.67. The van der Waals surface area contributed by atoms with Crippen molar-refractivity contribution in [3.8, 4) is 5.75 Å². The van der Waals surface area contributed by atoms with Crippen LogP contribution < -0.4 is 0 Å². The first-order valence-electron chi connectivity index (χ1n) is 8.03. The van der Waals surface area contributed by atoms with Crippen molar-refractivity contribution in [3.63, 3.8) is 0 Å². The summed E-state index contributed by atoms with van der Waals surface area (Å²) < 4.78 is 33.3. The van der Waals surface area contributed by atoms with Gasteiger partial charge in [-0.25, -0.2) is 4.79 Å². The zero-order valence-electron chi connectivity index (χ0n) is 14.7. The van der Waals surface area contributed by atoms with E-state index in [1.54, 1.807) is 36.4 Å². The zero-order valence-corrected chi connectivity index (χ0v) is 15.5. The van der Waals surface area contributed by atoms with Crippen LogP contribution in [0.25, 0.3) is 10.8 Å². The molecule has 0 saturated heterocycles. The van der Waals surface area contributed by atoms with Gasteiger partial charge in [0.05, 0.1) is 29.3 Å². The largest absolute Gasteiger partial charge is 0.507 e. The van der Waals surface area contributed by atoms with Gasteiger partial charge >= 0.3 is 5.97 Å². The Bertz CT molecular complexity index is 1150. The summed E-state index contributed by atoms with van der Waals surface area (Å²) in [6.07, 6.45) is 0.975. The van der Waals surface area contributed by atoms with E-state index in [9.17, 15) is 18.3 Å². The molecule has 3 aromatic rings. The quantitative estimate of drug-likeness (QED) is 0.550. The molecule has 27 heavy (non-hydrogen) atoms. The SMILES string of the molecule is COC(=O)c1cc2ccccc2c(O)c1/C=N/S(=O)(=O)c1ccc(C)cc1. The van der Waals surface area contributed by atoms with Gasteiger partial charge in [0.15, 0.2) is 0 Å². The summed E-state index contributed by atoms with van der Waals surface area (Å²) in [5.41, 5.74) is 0.922. The monoisotopic (exact) mass is 383 g/mol. The molecular formula is C20H17NO5S. The van der Waals surface area contributed by atoms with Crippen molar-refractivity contribution in [3.05, 3.63) is 71.3 Å². The Kier molecular flexibility index (Phi) is 4.96. The van der Waals surface area contributed by atoms with E-state index in [0.717, 1.165) is 11.8 Å². The fraction of sp³-hybridized carbons (Fsp3) is 0.100. The Morgan fingerprint density at radius 3 is 2.44 bits per heavy atom.